The molecule has 1 aromatic heterocycles. The summed E-state index contributed by atoms with van der Waals surface area (Å²) in [4.78, 5) is 4.42. The number of nitrogens with zero attached hydrogens (tertiary/aromatic N) is 1. The molecule has 0 aliphatic rings. The highest BCUT2D eigenvalue weighted by Gasteiger charge is 2.10. The van der Waals surface area contributed by atoms with Gasteiger partial charge in [0.1, 0.15) is 11.6 Å². The van der Waals surface area contributed by atoms with Crippen LogP contribution < -0.4 is 10.1 Å². The lowest BCUT2D eigenvalue weighted by atomic mass is 10.1. The van der Waals surface area contributed by atoms with Crippen LogP contribution in [0.3, 0.4) is 0 Å². The zero-order valence-electron chi connectivity index (χ0n) is 11.6. The molecule has 0 bridgehead atoms. The molecule has 1 aromatic carbocycles. The van der Waals surface area contributed by atoms with E-state index in [2.05, 4.69) is 26.2 Å². The van der Waals surface area contributed by atoms with E-state index in [9.17, 15) is 4.39 Å². The van der Waals surface area contributed by atoms with E-state index in [-0.39, 0.29) is 5.82 Å². The minimum Gasteiger partial charge on any atom is -0.496 e. The highest BCUT2D eigenvalue weighted by Crippen LogP contribution is 2.26. The first-order valence-electron chi connectivity index (χ1n) is 6.21. The Morgan fingerprint density at radius 3 is 2.75 bits per heavy atom. The van der Waals surface area contributed by atoms with Crippen LogP contribution in [0.1, 0.15) is 16.8 Å². The Labute approximate surface area is 126 Å². The molecule has 0 saturated carbocycles. The summed E-state index contributed by atoms with van der Waals surface area (Å²) < 4.78 is 19.1. The Morgan fingerprint density at radius 2 is 2.10 bits per heavy atom. The van der Waals surface area contributed by atoms with Crippen molar-refractivity contribution < 1.29 is 9.13 Å². The number of aromatic nitrogens is 1. The number of halogens is 2. The van der Waals surface area contributed by atoms with Crippen LogP contribution in [0, 0.1) is 19.7 Å². The third kappa shape index (κ3) is 3.10. The van der Waals surface area contributed by atoms with E-state index in [1.165, 1.54) is 12.1 Å². The molecule has 0 aliphatic heterocycles. The quantitative estimate of drug-likeness (QED) is 0.906. The van der Waals surface area contributed by atoms with Crippen molar-refractivity contribution in [2.75, 3.05) is 12.4 Å². The van der Waals surface area contributed by atoms with Crippen molar-refractivity contribution in [3.63, 3.8) is 0 Å². The van der Waals surface area contributed by atoms with Gasteiger partial charge in [-0.1, -0.05) is 0 Å². The van der Waals surface area contributed by atoms with Gasteiger partial charge in [-0.2, -0.15) is 0 Å². The number of anilines is 1. The van der Waals surface area contributed by atoms with Crippen LogP contribution in [-0.2, 0) is 6.54 Å². The number of aryl methyl sites for hydroxylation is 1. The van der Waals surface area contributed by atoms with Gasteiger partial charge in [-0.25, -0.2) is 4.39 Å². The summed E-state index contributed by atoms with van der Waals surface area (Å²) in [6.45, 7) is 4.49. The standard InChI is InChI=1S/C15H16BrFN2O/c1-9-7-18-14(10(2)15(9)20-3)8-19-13-5-4-11(17)6-12(13)16/h4-7,19H,8H2,1-3H3. The fourth-order valence-electron chi connectivity index (χ4n) is 2.06. The predicted octanol–water partition coefficient (Wildman–Crippen LogP) is 4.22. The van der Waals surface area contributed by atoms with E-state index in [1.807, 2.05) is 13.8 Å². The number of pyridine rings is 1. The molecule has 1 N–H and O–H groups in total. The molecule has 0 amide bonds. The average molecular weight is 339 g/mol. The maximum Gasteiger partial charge on any atom is 0.128 e. The number of hydrogen-bond donors (Lipinski definition) is 1. The van der Waals surface area contributed by atoms with Gasteiger partial charge >= 0.3 is 0 Å². The summed E-state index contributed by atoms with van der Waals surface area (Å²) >= 11 is 3.33. The molecule has 1 heterocycles. The molecular formula is C15H16BrFN2O. The molecule has 0 saturated heterocycles. The zero-order valence-corrected chi connectivity index (χ0v) is 13.2. The van der Waals surface area contributed by atoms with Gasteiger partial charge in [0.2, 0.25) is 0 Å². The highest BCUT2D eigenvalue weighted by atomic mass is 79.9. The zero-order chi connectivity index (χ0) is 14.7. The molecule has 0 aliphatic carbocycles. The summed E-state index contributed by atoms with van der Waals surface area (Å²) in [7, 11) is 1.66. The molecule has 0 radical (unpaired) electrons. The smallest absolute Gasteiger partial charge is 0.128 e. The summed E-state index contributed by atoms with van der Waals surface area (Å²) in [5, 5.41) is 3.24. The summed E-state index contributed by atoms with van der Waals surface area (Å²) in [6.07, 6.45) is 1.79. The third-order valence-corrected chi connectivity index (χ3v) is 3.78. The Hall–Kier alpha value is -1.62. The monoisotopic (exact) mass is 338 g/mol. The molecule has 2 aromatic rings. The van der Waals surface area contributed by atoms with Crippen LogP contribution >= 0.6 is 15.9 Å². The fraction of sp³-hybridized carbons (Fsp3) is 0.267. The third-order valence-electron chi connectivity index (χ3n) is 3.13. The summed E-state index contributed by atoms with van der Waals surface area (Å²) in [5.74, 6) is 0.587. The minimum absolute atomic E-state index is 0.270. The number of benzene rings is 1. The van der Waals surface area contributed by atoms with Gasteiger partial charge in [-0.3, -0.25) is 4.98 Å². The van der Waals surface area contributed by atoms with Crippen LogP contribution in [0.5, 0.6) is 5.75 Å². The lowest BCUT2D eigenvalue weighted by Gasteiger charge is -2.14. The minimum atomic E-state index is -0.270. The Bertz CT molecular complexity index is 632. The molecule has 0 spiro atoms. The molecular weight excluding hydrogens is 323 g/mol. The molecule has 0 atom stereocenters. The first kappa shape index (κ1) is 14.8. The molecule has 3 nitrogen and oxygen atoms in total. The Balaban J connectivity index is 2.19. The number of methoxy groups -OCH3 is 1. The maximum atomic E-state index is 13.0. The lowest BCUT2D eigenvalue weighted by Crippen LogP contribution is -2.06. The Morgan fingerprint density at radius 1 is 1.35 bits per heavy atom. The van der Waals surface area contributed by atoms with Crippen molar-refractivity contribution in [1.82, 2.24) is 4.98 Å². The fourth-order valence-corrected chi connectivity index (χ4v) is 2.55. The van der Waals surface area contributed by atoms with E-state index >= 15 is 0 Å². The van der Waals surface area contributed by atoms with Gasteiger partial charge in [-0.05, 0) is 48.0 Å². The van der Waals surface area contributed by atoms with Crippen molar-refractivity contribution >= 4 is 21.6 Å². The largest absolute Gasteiger partial charge is 0.496 e. The molecule has 20 heavy (non-hydrogen) atoms. The van der Waals surface area contributed by atoms with Crippen molar-refractivity contribution in [2.24, 2.45) is 0 Å². The lowest BCUT2D eigenvalue weighted by molar-refractivity contribution is 0.407. The van der Waals surface area contributed by atoms with Gasteiger partial charge in [0.25, 0.3) is 0 Å². The second-order valence-corrected chi connectivity index (χ2v) is 5.38. The maximum absolute atomic E-state index is 13.0. The number of hydrogen-bond acceptors (Lipinski definition) is 3. The van der Waals surface area contributed by atoms with E-state index < -0.39 is 0 Å². The number of nitrogens with one attached hydrogen (secondary N) is 1. The summed E-state index contributed by atoms with van der Waals surface area (Å²) in [6, 6.07) is 4.54. The predicted molar refractivity (Wildman–Crippen MR) is 81.7 cm³/mol. The second-order valence-electron chi connectivity index (χ2n) is 4.52. The SMILES string of the molecule is COc1c(C)cnc(CNc2ccc(F)cc2Br)c1C. The van der Waals surface area contributed by atoms with Crippen LogP contribution in [0.15, 0.2) is 28.9 Å². The topological polar surface area (TPSA) is 34.1 Å². The van der Waals surface area contributed by atoms with Crippen LogP contribution in [0.4, 0.5) is 10.1 Å². The molecule has 5 heteroatoms. The van der Waals surface area contributed by atoms with Gasteiger partial charge in [0.05, 0.1) is 19.3 Å². The van der Waals surface area contributed by atoms with Gasteiger partial charge < -0.3 is 10.1 Å². The van der Waals surface area contributed by atoms with Crippen molar-refractivity contribution in [1.29, 1.82) is 0 Å². The van der Waals surface area contributed by atoms with Crippen molar-refractivity contribution in [3.8, 4) is 5.75 Å². The van der Waals surface area contributed by atoms with Crippen LogP contribution in [-0.4, -0.2) is 12.1 Å². The van der Waals surface area contributed by atoms with E-state index in [1.54, 1.807) is 19.4 Å². The molecule has 0 fully saturated rings. The first-order chi connectivity index (χ1) is 9.52. The normalized spacial score (nSPS) is 10.4. The van der Waals surface area contributed by atoms with E-state index in [0.29, 0.717) is 11.0 Å². The second kappa shape index (κ2) is 6.22. The Kier molecular flexibility index (Phi) is 4.60. The number of ether oxygens (including phenoxy) is 1. The van der Waals surface area contributed by atoms with Crippen molar-refractivity contribution in [2.45, 2.75) is 20.4 Å². The van der Waals surface area contributed by atoms with Gasteiger partial charge in [0.15, 0.2) is 0 Å². The average Bonchev–Trinajstić information content (AvgIpc) is 2.40. The number of rotatable bonds is 4. The van der Waals surface area contributed by atoms with Crippen LogP contribution in [0.25, 0.3) is 0 Å². The van der Waals surface area contributed by atoms with Gasteiger partial charge in [0, 0.05) is 27.5 Å². The van der Waals surface area contributed by atoms with Crippen LogP contribution in [0.2, 0.25) is 0 Å². The van der Waals surface area contributed by atoms with Gasteiger partial charge in [-0.15, -0.1) is 0 Å². The highest BCUT2D eigenvalue weighted by molar-refractivity contribution is 9.10. The molecule has 0 unspecified atom stereocenters. The van der Waals surface area contributed by atoms with E-state index in [0.717, 1.165) is 28.3 Å². The van der Waals surface area contributed by atoms with E-state index in [4.69, 9.17) is 4.74 Å². The first-order valence-corrected chi connectivity index (χ1v) is 7.00. The van der Waals surface area contributed by atoms with Crippen molar-refractivity contribution in [3.05, 3.63) is 51.5 Å². The summed E-state index contributed by atoms with van der Waals surface area (Å²) in [5.41, 5.74) is 3.76. The molecule has 106 valence electrons. The molecule has 2 rings (SSSR count).